The van der Waals surface area contributed by atoms with E-state index in [4.69, 9.17) is 5.73 Å². The first kappa shape index (κ1) is 14.0. The van der Waals surface area contributed by atoms with Crippen LogP contribution in [0.5, 0.6) is 0 Å². The van der Waals surface area contributed by atoms with Gasteiger partial charge in [0.1, 0.15) is 5.69 Å². The smallest absolute Gasteiger partial charge is 0.274 e. The van der Waals surface area contributed by atoms with Gasteiger partial charge in [0, 0.05) is 21.1 Å². The standard InChI is InChI=1S/C11H19N5O2/c1-5-7-9(12)10(16(4)14-7)11(18)15(3)6-8(17)13-2/h5-6,12H2,1-4H3,(H,13,17). The van der Waals surface area contributed by atoms with Crippen molar-refractivity contribution in [1.29, 1.82) is 0 Å². The molecule has 100 valence electrons. The highest BCUT2D eigenvalue weighted by molar-refractivity contribution is 5.99. The van der Waals surface area contributed by atoms with E-state index in [-0.39, 0.29) is 18.4 Å². The third-order valence-corrected chi connectivity index (χ3v) is 2.70. The molecule has 1 aromatic rings. The summed E-state index contributed by atoms with van der Waals surface area (Å²) in [5, 5.41) is 6.64. The number of hydrogen-bond acceptors (Lipinski definition) is 4. The van der Waals surface area contributed by atoms with Gasteiger partial charge in [-0.2, -0.15) is 5.10 Å². The molecule has 0 aliphatic heterocycles. The Morgan fingerprint density at radius 1 is 1.50 bits per heavy atom. The van der Waals surface area contributed by atoms with Crippen molar-refractivity contribution < 1.29 is 9.59 Å². The lowest BCUT2D eigenvalue weighted by Crippen LogP contribution is -2.37. The summed E-state index contributed by atoms with van der Waals surface area (Å²) < 4.78 is 1.46. The minimum atomic E-state index is -0.314. The highest BCUT2D eigenvalue weighted by atomic mass is 16.2. The van der Waals surface area contributed by atoms with Crippen LogP contribution in [0.1, 0.15) is 23.1 Å². The van der Waals surface area contributed by atoms with Crippen molar-refractivity contribution in [3.05, 3.63) is 11.4 Å². The predicted octanol–water partition coefficient (Wildman–Crippen LogP) is -0.617. The van der Waals surface area contributed by atoms with E-state index in [1.807, 2.05) is 6.92 Å². The van der Waals surface area contributed by atoms with Crippen LogP contribution < -0.4 is 11.1 Å². The highest BCUT2D eigenvalue weighted by Crippen LogP contribution is 2.18. The molecule has 7 heteroatoms. The van der Waals surface area contributed by atoms with Crippen molar-refractivity contribution in [2.75, 3.05) is 26.4 Å². The number of nitrogens with two attached hydrogens (primary N) is 1. The van der Waals surface area contributed by atoms with E-state index in [0.717, 1.165) is 0 Å². The Morgan fingerprint density at radius 2 is 2.11 bits per heavy atom. The number of hydrogen-bond donors (Lipinski definition) is 2. The minimum Gasteiger partial charge on any atom is -0.395 e. The van der Waals surface area contributed by atoms with Gasteiger partial charge in [-0.1, -0.05) is 6.92 Å². The molecule has 0 aliphatic rings. The van der Waals surface area contributed by atoms with E-state index in [0.29, 0.717) is 23.5 Å². The molecule has 0 aliphatic carbocycles. The van der Waals surface area contributed by atoms with Gasteiger partial charge in [-0.3, -0.25) is 14.3 Å². The average molecular weight is 253 g/mol. The molecule has 0 bridgehead atoms. The van der Waals surface area contributed by atoms with Crippen LogP contribution in [0.25, 0.3) is 0 Å². The maximum atomic E-state index is 12.2. The zero-order chi connectivity index (χ0) is 13.9. The molecule has 0 fully saturated rings. The molecule has 3 N–H and O–H groups in total. The fourth-order valence-corrected chi connectivity index (χ4v) is 1.66. The quantitative estimate of drug-likeness (QED) is 0.748. The summed E-state index contributed by atoms with van der Waals surface area (Å²) in [6.45, 7) is 1.91. The van der Waals surface area contributed by atoms with Crippen LogP contribution in [0.3, 0.4) is 0 Å². The molecule has 2 amide bonds. The van der Waals surface area contributed by atoms with Crippen molar-refractivity contribution in [2.24, 2.45) is 7.05 Å². The van der Waals surface area contributed by atoms with Crippen molar-refractivity contribution in [2.45, 2.75) is 13.3 Å². The van der Waals surface area contributed by atoms with Gasteiger partial charge in [-0.15, -0.1) is 0 Å². The second-order valence-corrected chi connectivity index (χ2v) is 4.02. The summed E-state index contributed by atoms with van der Waals surface area (Å²) in [7, 11) is 4.74. The summed E-state index contributed by atoms with van der Waals surface area (Å²) in [4.78, 5) is 24.7. The highest BCUT2D eigenvalue weighted by Gasteiger charge is 2.23. The summed E-state index contributed by atoms with van der Waals surface area (Å²) in [6, 6.07) is 0. The normalized spacial score (nSPS) is 10.2. The lowest BCUT2D eigenvalue weighted by Gasteiger charge is -2.16. The number of anilines is 1. The Hall–Kier alpha value is -2.05. The van der Waals surface area contributed by atoms with Gasteiger partial charge in [-0.05, 0) is 6.42 Å². The largest absolute Gasteiger partial charge is 0.395 e. The minimum absolute atomic E-state index is 0.0125. The van der Waals surface area contributed by atoms with E-state index in [9.17, 15) is 9.59 Å². The van der Waals surface area contributed by atoms with E-state index < -0.39 is 0 Å². The molecule has 1 rings (SSSR count). The van der Waals surface area contributed by atoms with Crippen molar-refractivity contribution >= 4 is 17.5 Å². The molecule has 0 radical (unpaired) electrons. The van der Waals surface area contributed by atoms with Gasteiger partial charge < -0.3 is 16.0 Å². The van der Waals surface area contributed by atoms with Crippen molar-refractivity contribution in [3.8, 4) is 0 Å². The molecule has 0 spiro atoms. The third kappa shape index (κ3) is 2.61. The van der Waals surface area contributed by atoms with Gasteiger partial charge in [0.05, 0.1) is 17.9 Å². The molecule has 0 unspecified atom stereocenters. The Kier molecular flexibility index (Phi) is 4.30. The summed E-state index contributed by atoms with van der Waals surface area (Å²) in [6.07, 6.45) is 0.659. The number of carbonyl (C=O) groups excluding carboxylic acids is 2. The van der Waals surface area contributed by atoms with Gasteiger partial charge >= 0.3 is 0 Å². The van der Waals surface area contributed by atoms with Crippen LogP contribution in [0, 0.1) is 0 Å². The Bertz CT molecular complexity index is 466. The molecule has 0 aromatic carbocycles. The average Bonchev–Trinajstić information content (AvgIpc) is 2.63. The summed E-state index contributed by atoms with van der Waals surface area (Å²) >= 11 is 0. The van der Waals surface area contributed by atoms with E-state index in [2.05, 4.69) is 10.4 Å². The fraction of sp³-hybridized carbons (Fsp3) is 0.545. The molecule has 7 nitrogen and oxygen atoms in total. The molecule has 1 heterocycles. The van der Waals surface area contributed by atoms with Crippen LogP contribution in [-0.4, -0.2) is 47.1 Å². The first-order valence-corrected chi connectivity index (χ1v) is 5.69. The first-order valence-electron chi connectivity index (χ1n) is 5.69. The van der Waals surface area contributed by atoms with Crippen molar-refractivity contribution in [1.82, 2.24) is 20.0 Å². The van der Waals surface area contributed by atoms with Crippen LogP contribution >= 0.6 is 0 Å². The summed E-state index contributed by atoms with van der Waals surface area (Å²) in [5.41, 5.74) is 7.28. The van der Waals surface area contributed by atoms with E-state index >= 15 is 0 Å². The van der Waals surface area contributed by atoms with E-state index in [1.165, 1.54) is 16.6 Å². The van der Waals surface area contributed by atoms with Gasteiger partial charge in [0.15, 0.2) is 0 Å². The lowest BCUT2D eigenvalue weighted by molar-refractivity contribution is -0.121. The molecule has 0 atom stereocenters. The SMILES string of the molecule is CCc1nn(C)c(C(=O)N(C)CC(=O)NC)c1N. The fourth-order valence-electron chi connectivity index (χ4n) is 1.66. The van der Waals surface area contributed by atoms with Crippen LogP contribution in [0.15, 0.2) is 0 Å². The van der Waals surface area contributed by atoms with Gasteiger partial charge in [0.25, 0.3) is 5.91 Å². The molecule has 1 aromatic heterocycles. The number of amides is 2. The second kappa shape index (κ2) is 5.52. The summed E-state index contributed by atoms with van der Waals surface area (Å²) in [5.74, 6) is -0.548. The third-order valence-electron chi connectivity index (χ3n) is 2.70. The topological polar surface area (TPSA) is 93.2 Å². The number of rotatable bonds is 4. The van der Waals surface area contributed by atoms with E-state index in [1.54, 1.807) is 14.1 Å². The number of likely N-dealkylation sites (N-methyl/N-ethyl adjacent to an activating group) is 2. The first-order chi connectivity index (χ1) is 8.42. The molecule has 0 saturated heterocycles. The number of nitrogen functional groups attached to an aromatic ring is 1. The maximum Gasteiger partial charge on any atom is 0.274 e. The molecule has 0 saturated carbocycles. The maximum absolute atomic E-state index is 12.2. The Labute approximate surface area is 106 Å². The molecular weight excluding hydrogens is 234 g/mol. The zero-order valence-corrected chi connectivity index (χ0v) is 11.1. The monoisotopic (exact) mass is 253 g/mol. The van der Waals surface area contributed by atoms with Crippen molar-refractivity contribution in [3.63, 3.8) is 0 Å². The molecule has 18 heavy (non-hydrogen) atoms. The second-order valence-electron chi connectivity index (χ2n) is 4.02. The lowest BCUT2D eigenvalue weighted by atomic mass is 10.2. The predicted molar refractivity (Wildman–Crippen MR) is 68.0 cm³/mol. The van der Waals surface area contributed by atoms with Crippen LogP contribution in [0.4, 0.5) is 5.69 Å². The Balaban J connectivity index is 2.97. The zero-order valence-electron chi connectivity index (χ0n) is 11.1. The number of nitrogens with one attached hydrogen (secondary N) is 1. The van der Waals surface area contributed by atoms with Crippen LogP contribution in [-0.2, 0) is 18.3 Å². The number of carbonyl (C=O) groups is 2. The molecular formula is C11H19N5O2. The number of aryl methyl sites for hydroxylation is 2. The number of nitrogens with zero attached hydrogens (tertiary/aromatic N) is 3. The Morgan fingerprint density at radius 3 is 2.56 bits per heavy atom. The number of aromatic nitrogens is 2. The van der Waals surface area contributed by atoms with Gasteiger partial charge in [-0.25, -0.2) is 0 Å². The van der Waals surface area contributed by atoms with Crippen LogP contribution in [0.2, 0.25) is 0 Å². The van der Waals surface area contributed by atoms with Gasteiger partial charge in [0.2, 0.25) is 5.91 Å².